The molecule has 0 saturated heterocycles. The second kappa shape index (κ2) is 6.61. The molecule has 1 aromatic carbocycles. The zero-order valence-corrected chi connectivity index (χ0v) is 12.5. The van der Waals surface area contributed by atoms with E-state index in [1.807, 2.05) is 42.7 Å². The van der Waals surface area contributed by atoms with Crippen molar-refractivity contribution in [1.29, 1.82) is 0 Å². The number of thiazole rings is 1. The molecule has 2 N–H and O–H groups in total. The second-order valence-electron chi connectivity index (χ2n) is 4.82. The summed E-state index contributed by atoms with van der Waals surface area (Å²) in [6, 6.07) is 14.4. The van der Waals surface area contributed by atoms with Crippen molar-refractivity contribution in [2.24, 2.45) is 5.73 Å². The number of benzene rings is 1. The molecule has 0 saturated carbocycles. The summed E-state index contributed by atoms with van der Waals surface area (Å²) in [5, 5.41) is 1.13. The molecule has 0 aliphatic heterocycles. The maximum atomic E-state index is 5.74. The number of nitrogens with two attached hydrogens (primary N) is 1. The first-order valence-electron chi connectivity index (χ1n) is 7.00. The maximum Gasteiger partial charge on any atom is 0.0979 e. The molecule has 0 amide bonds. The summed E-state index contributed by atoms with van der Waals surface area (Å²) >= 11 is 1.76. The largest absolute Gasteiger partial charge is 0.330 e. The van der Waals surface area contributed by atoms with Crippen molar-refractivity contribution in [1.82, 2.24) is 9.97 Å². The molecule has 0 radical (unpaired) electrons. The van der Waals surface area contributed by atoms with Crippen LogP contribution in [0.3, 0.4) is 0 Å². The summed E-state index contributed by atoms with van der Waals surface area (Å²) in [6.45, 7) is 0.650. The van der Waals surface area contributed by atoms with Crippen LogP contribution in [0.25, 0.3) is 11.3 Å². The van der Waals surface area contributed by atoms with E-state index in [-0.39, 0.29) is 0 Å². The fourth-order valence-electron chi connectivity index (χ4n) is 2.27. The van der Waals surface area contributed by atoms with E-state index in [1.54, 1.807) is 11.3 Å². The average Bonchev–Trinajstić information content (AvgIpc) is 2.92. The summed E-state index contributed by atoms with van der Waals surface area (Å²) in [4.78, 5) is 10.2. The molecule has 0 unspecified atom stereocenters. The van der Waals surface area contributed by atoms with Gasteiger partial charge in [-0.15, -0.1) is 11.3 Å². The van der Waals surface area contributed by atoms with Gasteiger partial charge in [-0.25, -0.2) is 4.98 Å². The van der Waals surface area contributed by atoms with Crippen LogP contribution in [0, 0.1) is 0 Å². The van der Waals surface area contributed by atoms with Gasteiger partial charge in [-0.1, -0.05) is 30.3 Å². The van der Waals surface area contributed by atoms with Crippen LogP contribution in [0.15, 0.2) is 54.9 Å². The van der Waals surface area contributed by atoms with Gasteiger partial charge in [-0.3, -0.25) is 4.98 Å². The number of hydrogen-bond acceptors (Lipinski definition) is 4. The molecule has 106 valence electrons. The molecular formula is C17H17N3S. The molecular weight excluding hydrogens is 278 g/mol. The first-order chi connectivity index (χ1) is 10.4. The topological polar surface area (TPSA) is 51.8 Å². The maximum absolute atomic E-state index is 5.74. The molecule has 3 aromatic rings. The van der Waals surface area contributed by atoms with Crippen molar-refractivity contribution in [3.8, 4) is 11.3 Å². The molecule has 2 aromatic heterocycles. The number of rotatable bonds is 5. The molecule has 0 atom stereocenters. The zero-order chi connectivity index (χ0) is 14.5. The fourth-order valence-corrected chi connectivity index (χ4v) is 3.41. The van der Waals surface area contributed by atoms with E-state index in [2.05, 4.69) is 17.1 Å². The Morgan fingerprint density at radius 1 is 1.00 bits per heavy atom. The van der Waals surface area contributed by atoms with Crippen LogP contribution in [-0.2, 0) is 12.8 Å². The Kier molecular flexibility index (Phi) is 4.38. The van der Waals surface area contributed by atoms with E-state index in [4.69, 9.17) is 10.7 Å². The second-order valence-corrected chi connectivity index (χ2v) is 5.98. The van der Waals surface area contributed by atoms with Gasteiger partial charge in [0.15, 0.2) is 0 Å². The lowest BCUT2D eigenvalue weighted by Gasteiger charge is -2.00. The Labute approximate surface area is 128 Å². The third-order valence-corrected chi connectivity index (χ3v) is 4.38. The number of pyridine rings is 1. The smallest absolute Gasteiger partial charge is 0.0979 e. The van der Waals surface area contributed by atoms with Gasteiger partial charge in [0.05, 0.1) is 10.7 Å². The van der Waals surface area contributed by atoms with E-state index in [1.165, 1.54) is 10.4 Å². The molecule has 4 heteroatoms. The first kappa shape index (κ1) is 13.9. The molecule has 3 nitrogen and oxygen atoms in total. The predicted octanol–water partition coefficient (Wildman–Crippen LogP) is 3.30. The van der Waals surface area contributed by atoms with E-state index in [0.717, 1.165) is 29.1 Å². The third-order valence-electron chi connectivity index (χ3n) is 3.26. The van der Waals surface area contributed by atoms with Crippen LogP contribution in [0.4, 0.5) is 0 Å². The molecule has 0 fully saturated rings. The molecule has 2 heterocycles. The monoisotopic (exact) mass is 295 g/mol. The van der Waals surface area contributed by atoms with Gasteiger partial charge in [0.2, 0.25) is 0 Å². The van der Waals surface area contributed by atoms with Gasteiger partial charge in [-0.2, -0.15) is 0 Å². The number of aromatic nitrogens is 2. The number of nitrogens with zero attached hydrogens (tertiary/aromatic N) is 2. The average molecular weight is 295 g/mol. The van der Waals surface area contributed by atoms with Crippen LogP contribution in [0.1, 0.15) is 15.4 Å². The highest BCUT2D eigenvalue weighted by atomic mass is 32.1. The van der Waals surface area contributed by atoms with Crippen molar-refractivity contribution in [2.45, 2.75) is 12.8 Å². The molecule has 0 aliphatic rings. The van der Waals surface area contributed by atoms with Crippen LogP contribution < -0.4 is 5.73 Å². The minimum absolute atomic E-state index is 0.650. The molecule has 3 rings (SSSR count). The van der Waals surface area contributed by atoms with E-state index < -0.39 is 0 Å². The van der Waals surface area contributed by atoms with Crippen molar-refractivity contribution in [3.05, 3.63) is 70.3 Å². The van der Waals surface area contributed by atoms with Gasteiger partial charge in [0.25, 0.3) is 0 Å². The number of hydrogen-bond donors (Lipinski definition) is 1. The summed E-state index contributed by atoms with van der Waals surface area (Å²) in [6.07, 6.45) is 5.36. The van der Waals surface area contributed by atoms with Crippen molar-refractivity contribution in [3.63, 3.8) is 0 Å². The highest BCUT2D eigenvalue weighted by Gasteiger charge is 2.12. The summed E-state index contributed by atoms with van der Waals surface area (Å²) in [5.41, 5.74) is 9.22. The minimum atomic E-state index is 0.650. The van der Waals surface area contributed by atoms with E-state index in [9.17, 15) is 0 Å². The van der Waals surface area contributed by atoms with E-state index >= 15 is 0 Å². The lowest BCUT2D eigenvalue weighted by molar-refractivity contribution is 0.985. The SMILES string of the molecule is NCCc1sc(Cc2ccncc2)nc1-c1ccccc1. The third kappa shape index (κ3) is 3.35. The van der Waals surface area contributed by atoms with Crippen molar-refractivity contribution in [2.75, 3.05) is 6.54 Å². The Hall–Kier alpha value is -2.04. The van der Waals surface area contributed by atoms with Crippen LogP contribution in [0.2, 0.25) is 0 Å². The summed E-state index contributed by atoms with van der Waals surface area (Å²) in [7, 11) is 0. The zero-order valence-electron chi connectivity index (χ0n) is 11.7. The lowest BCUT2D eigenvalue weighted by atomic mass is 10.1. The quantitative estimate of drug-likeness (QED) is 0.785. The minimum Gasteiger partial charge on any atom is -0.330 e. The fraction of sp³-hybridized carbons (Fsp3) is 0.176. The highest BCUT2D eigenvalue weighted by Crippen LogP contribution is 2.29. The van der Waals surface area contributed by atoms with Crippen molar-refractivity contribution < 1.29 is 0 Å². The Bertz CT molecular complexity index is 693. The molecule has 0 spiro atoms. The predicted molar refractivity (Wildman–Crippen MR) is 87.4 cm³/mol. The Balaban J connectivity index is 1.93. The van der Waals surface area contributed by atoms with Gasteiger partial charge in [-0.05, 0) is 30.7 Å². The van der Waals surface area contributed by atoms with Crippen molar-refractivity contribution >= 4 is 11.3 Å². The van der Waals surface area contributed by atoms with Gasteiger partial charge in [0.1, 0.15) is 0 Å². The van der Waals surface area contributed by atoms with Gasteiger partial charge in [0, 0.05) is 29.3 Å². The van der Waals surface area contributed by atoms with Gasteiger partial charge < -0.3 is 5.73 Å². The molecule has 0 bridgehead atoms. The molecule has 0 aliphatic carbocycles. The van der Waals surface area contributed by atoms with Gasteiger partial charge >= 0.3 is 0 Å². The van der Waals surface area contributed by atoms with Crippen LogP contribution >= 0.6 is 11.3 Å². The Morgan fingerprint density at radius 3 is 2.48 bits per heavy atom. The highest BCUT2D eigenvalue weighted by molar-refractivity contribution is 7.12. The lowest BCUT2D eigenvalue weighted by Crippen LogP contribution is -2.02. The van der Waals surface area contributed by atoms with Crippen LogP contribution in [-0.4, -0.2) is 16.5 Å². The van der Waals surface area contributed by atoms with Crippen LogP contribution in [0.5, 0.6) is 0 Å². The standard InChI is InChI=1S/C17H17N3S/c18-9-6-15-17(14-4-2-1-3-5-14)20-16(21-15)12-13-7-10-19-11-8-13/h1-5,7-8,10-11H,6,9,12,18H2. The molecule has 21 heavy (non-hydrogen) atoms. The summed E-state index contributed by atoms with van der Waals surface area (Å²) < 4.78 is 0. The Morgan fingerprint density at radius 2 is 1.76 bits per heavy atom. The first-order valence-corrected chi connectivity index (χ1v) is 7.81. The van der Waals surface area contributed by atoms with E-state index in [0.29, 0.717) is 6.54 Å². The normalized spacial score (nSPS) is 10.7. The summed E-state index contributed by atoms with van der Waals surface area (Å²) in [5.74, 6) is 0.